The van der Waals surface area contributed by atoms with Gasteiger partial charge < -0.3 is 4.74 Å². The first-order valence-corrected chi connectivity index (χ1v) is 4.43. The van der Waals surface area contributed by atoms with Crippen molar-refractivity contribution in [3.63, 3.8) is 0 Å². The summed E-state index contributed by atoms with van der Waals surface area (Å²) in [5, 5.41) is 0. The van der Waals surface area contributed by atoms with E-state index in [1.165, 1.54) is 19.3 Å². The lowest BCUT2D eigenvalue weighted by molar-refractivity contribution is 0.0851. The molecule has 0 saturated carbocycles. The van der Waals surface area contributed by atoms with E-state index in [0.717, 1.165) is 11.8 Å². The summed E-state index contributed by atoms with van der Waals surface area (Å²) in [6.45, 7) is 4.63. The fraction of sp³-hybridized carbons (Fsp3) is 1.00. The lowest BCUT2D eigenvalue weighted by atomic mass is 9.82. The van der Waals surface area contributed by atoms with E-state index in [1.54, 1.807) is 0 Å². The SMILES string of the molecule is CC(C)[C@H]1C[C@H]2CC[C@@H]1O2. The quantitative estimate of drug-likeness (QED) is 0.542. The zero-order valence-electron chi connectivity index (χ0n) is 6.84. The molecule has 2 bridgehead atoms. The van der Waals surface area contributed by atoms with E-state index in [2.05, 4.69) is 13.8 Å². The molecule has 3 atom stereocenters. The molecule has 58 valence electrons. The summed E-state index contributed by atoms with van der Waals surface area (Å²) >= 11 is 0. The van der Waals surface area contributed by atoms with Gasteiger partial charge in [-0.05, 0) is 31.1 Å². The Morgan fingerprint density at radius 3 is 2.40 bits per heavy atom. The predicted molar refractivity (Wildman–Crippen MR) is 40.8 cm³/mol. The highest BCUT2D eigenvalue weighted by atomic mass is 16.5. The minimum Gasteiger partial charge on any atom is -0.375 e. The smallest absolute Gasteiger partial charge is 0.0611 e. The van der Waals surface area contributed by atoms with Crippen LogP contribution >= 0.6 is 0 Å². The van der Waals surface area contributed by atoms with E-state index < -0.39 is 0 Å². The third-order valence-corrected chi connectivity index (χ3v) is 3.01. The first kappa shape index (κ1) is 6.66. The van der Waals surface area contributed by atoms with Crippen LogP contribution < -0.4 is 0 Å². The topological polar surface area (TPSA) is 9.23 Å². The van der Waals surface area contributed by atoms with Gasteiger partial charge in [-0.25, -0.2) is 0 Å². The highest BCUT2D eigenvalue weighted by Gasteiger charge is 2.41. The van der Waals surface area contributed by atoms with Crippen LogP contribution in [0.1, 0.15) is 33.1 Å². The van der Waals surface area contributed by atoms with Crippen molar-refractivity contribution in [2.45, 2.75) is 45.3 Å². The Balaban J connectivity index is 2.02. The van der Waals surface area contributed by atoms with Gasteiger partial charge >= 0.3 is 0 Å². The minimum absolute atomic E-state index is 0.630. The van der Waals surface area contributed by atoms with Crippen LogP contribution in [-0.4, -0.2) is 12.2 Å². The van der Waals surface area contributed by atoms with Gasteiger partial charge in [0.2, 0.25) is 0 Å². The summed E-state index contributed by atoms with van der Waals surface area (Å²) in [6, 6.07) is 0. The maximum Gasteiger partial charge on any atom is 0.0611 e. The fourth-order valence-electron chi connectivity index (χ4n) is 2.38. The van der Waals surface area contributed by atoms with Gasteiger partial charge in [-0.15, -0.1) is 0 Å². The van der Waals surface area contributed by atoms with Crippen molar-refractivity contribution < 1.29 is 4.74 Å². The van der Waals surface area contributed by atoms with E-state index in [9.17, 15) is 0 Å². The number of rotatable bonds is 1. The molecule has 0 unspecified atom stereocenters. The molecule has 10 heavy (non-hydrogen) atoms. The molecule has 0 N–H and O–H groups in total. The summed E-state index contributed by atoms with van der Waals surface area (Å²) in [7, 11) is 0. The van der Waals surface area contributed by atoms with Gasteiger partial charge in [-0.3, -0.25) is 0 Å². The van der Waals surface area contributed by atoms with Crippen LogP contribution in [0, 0.1) is 11.8 Å². The molecular weight excluding hydrogens is 124 g/mol. The van der Waals surface area contributed by atoms with Crippen molar-refractivity contribution in [3.8, 4) is 0 Å². The van der Waals surface area contributed by atoms with Crippen LogP contribution in [0.4, 0.5) is 0 Å². The zero-order valence-corrected chi connectivity index (χ0v) is 6.84. The van der Waals surface area contributed by atoms with Crippen molar-refractivity contribution in [3.05, 3.63) is 0 Å². The molecule has 0 aliphatic carbocycles. The van der Waals surface area contributed by atoms with E-state index in [0.29, 0.717) is 12.2 Å². The van der Waals surface area contributed by atoms with Crippen molar-refractivity contribution >= 4 is 0 Å². The number of hydrogen-bond donors (Lipinski definition) is 0. The molecule has 0 radical (unpaired) electrons. The molecule has 2 saturated heterocycles. The number of hydrogen-bond acceptors (Lipinski definition) is 1. The molecule has 0 aromatic heterocycles. The van der Waals surface area contributed by atoms with Gasteiger partial charge in [-0.1, -0.05) is 13.8 Å². The van der Waals surface area contributed by atoms with Crippen molar-refractivity contribution in [1.82, 2.24) is 0 Å². The normalized spacial score (nSPS) is 45.3. The zero-order chi connectivity index (χ0) is 7.14. The van der Waals surface area contributed by atoms with Crippen LogP contribution in [0.15, 0.2) is 0 Å². The van der Waals surface area contributed by atoms with Crippen LogP contribution in [0.2, 0.25) is 0 Å². The first-order chi connectivity index (χ1) is 4.77. The highest BCUT2D eigenvalue weighted by molar-refractivity contribution is 4.90. The Hall–Kier alpha value is -0.0400. The summed E-state index contributed by atoms with van der Waals surface area (Å²) in [5.41, 5.74) is 0. The van der Waals surface area contributed by atoms with E-state index >= 15 is 0 Å². The molecule has 2 aliphatic rings. The summed E-state index contributed by atoms with van der Waals surface area (Å²) in [4.78, 5) is 0. The monoisotopic (exact) mass is 140 g/mol. The van der Waals surface area contributed by atoms with Crippen LogP contribution in [0.3, 0.4) is 0 Å². The van der Waals surface area contributed by atoms with Gasteiger partial charge in [0.15, 0.2) is 0 Å². The molecule has 2 aliphatic heterocycles. The van der Waals surface area contributed by atoms with Crippen molar-refractivity contribution in [2.24, 2.45) is 11.8 Å². The number of fused-ring (bicyclic) bond motifs is 2. The fourth-order valence-corrected chi connectivity index (χ4v) is 2.38. The second-order valence-electron chi connectivity index (χ2n) is 4.02. The van der Waals surface area contributed by atoms with E-state index in [-0.39, 0.29) is 0 Å². The van der Waals surface area contributed by atoms with Crippen LogP contribution in [0.25, 0.3) is 0 Å². The Bertz CT molecular complexity index is 131. The molecule has 1 heteroatoms. The largest absolute Gasteiger partial charge is 0.375 e. The molecule has 0 aromatic carbocycles. The van der Waals surface area contributed by atoms with Gasteiger partial charge in [-0.2, -0.15) is 0 Å². The Morgan fingerprint density at radius 2 is 2.10 bits per heavy atom. The maximum atomic E-state index is 5.75. The van der Waals surface area contributed by atoms with Gasteiger partial charge in [0.1, 0.15) is 0 Å². The van der Waals surface area contributed by atoms with Crippen molar-refractivity contribution in [2.75, 3.05) is 0 Å². The Morgan fingerprint density at radius 1 is 1.30 bits per heavy atom. The summed E-state index contributed by atoms with van der Waals surface area (Å²) in [6.07, 6.45) is 5.26. The van der Waals surface area contributed by atoms with E-state index in [4.69, 9.17) is 4.74 Å². The molecular formula is C9H16O. The highest BCUT2D eigenvalue weighted by Crippen LogP contribution is 2.41. The Labute approximate surface area is 62.8 Å². The lowest BCUT2D eigenvalue weighted by Gasteiger charge is -2.21. The molecule has 0 amide bonds. The molecule has 2 heterocycles. The van der Waals surface area contributed by atoms with Crippen molar-refractivity contribution in [1.29, 1.82) is 0 Å². The lowest BCUT2D eigenvalue weighted by Crippen LogP contribution is -2.21. The maximum absolute atomic E-state index is 5.75. The number of ether oxygens (including phenoxy) is 1. The Kier molecular flexibility index (Phi) is 1.48. The molecule has 1 nitrogen and oxygen atoms in total. The average Bonchev–Trinajstić information content (AvgIpc) is 2.44. The predicted octanol–water partition coefficient (Wildman–Crippen LogP) is 2.21. The summed E-state index contributed by atoms with van der Waals surface area (Å²) < 4.78 is 5.75. The van der Waals surface area contributed by atoms with Gasteiger partial charge in [0.25, 0.3) is 0 Å². The van der Waals surface area contributed by atoms with Crippen LogP contribution in [0.5, 0.6) is 0 Å². The molecule has 2 fully saturated rings. The second-order valence-corrected chi connectivity index (χ2v) is 4.02. The summed E-state index contributed by atoms with van der Waals surface area (Å²) in [5.74, 6) is 1.70. The van der Waals surface area contributed by atoms with Gasteiger partial charge in [0.05, 0.1) is 12.2 Å². The average molecular weight is 140 g/mol. The third-order valence-electron chi connectivity index (χ3n) is 3.01. The van der Waals surface area contributed by atoms with Crippen LogP contribution in [-0.2, 0) is 4.74 Å². The molecule has 0 spiro atoms. The standard InChI is InChI=1S/C9H16O/c1-6(2)8-5-7-3-4-9(8)10-7/h6-9H,3-5H2,1-2H3/t7-,8-,9+/m1/s1. The second kappa shape index (κ2) is 2.23. The van der Waals surface area contributed by atoms with E-state index in [1.807, 2.05) is 0 Å². The molecule has 2 rings (SSSR count). The molecule has 0 aromatic rings. The first-order valence-electron chi connectivity index (χ1n) is 4.43. The third kappa shape index (κ3) is 0.878. The van der Waals surface area contributed by atoms with Gasteiger partial charge in [0, 0.05) is 0 Å². The minimum atomic E-state index is 0.630.